The number of hydrogen-bond acceptors (Lipinski definition) is 3. The predicted molar refractivity (Wildman–Crippen MR) is 87.4 cm³/mol. The number of hydrogen-bond donors (Lipinski definition) is 1. The van der Waals surface area contributed by atoms with Crippen molar-refractivity contribution in [2.75, 3.05) is 32.7 Å². The van der Waals surface area contributed by atoms with Gasteiger partial charge in [-0.1, -0.05) is 13.8 Å². The molecule has 2 bridgehead atoms. The Morgan fingerprint density at radius 3 is 2.52 bits per heavy atom. The Labute approximate surface area is 130 Å². The summed E-state index contributed by atoms with van der Waals surface area (Å²) in [4.78, 5) is 17.0. The molecule has 0 aromatic rings. The molecule has 0 aliphatic carbocycles. The van der Waals surface area contributed by atoms with Crippen molar-refractivity contribution in [3.05, 3.63) is 0 Å². The van der Waals surface area contributed by atoms with E-state index in [4.69, 9.17) is 0 Å². The Kier molecular flexibility index (Phi) is 6.97. The number of rotatable bonds is 8. The van der Waals surface area contributed by atoms with Crippen LogP contribution in [0.4, 0.5) is 0 Å². The third kappa shape index (κ3) is 5.26. The van der Waals surface area contributed by atoms with Gasteiger partial charge in [-0.2, -0.15) is 0 Å². The van der Waals surface area contributed by atoms with Gasteiger partial charge in [-0.05, 0) is 58.2 Å². The van der Waals surface area contributed by atoms with Crippen LogP contribution in [-0.2, 0) is 4.79 Å². The average Bonchev–Trinajstić information content (AvgIpc) is 2.78. The number of likely N-dealkylation sites (tertiary alicyclic amines) is 1. The molecule has 1 amide bonds. The Balaban J connectivity index is 1.68. The summed E-state index contributed by atoms with van der Waals surface area (Å²) in [7, 11) is 0. The molecule has 0 aromatic carbocycles. The molecular formula is C17H33N3O. The Bertz CT molecular complexity index is 315. The molecule has 2 rings (SSSR count). The molecule has 122 valence electrons. The van der Waals surface area contributed by atoms with Crippen LogP contribution in [0.1, 0.15) is 58.8 Å². The van der Waals surface area contributed by atoms with Crippen LogP contribution in [0.15, 0.2) is 0 Å². The zero-order valence-electron chi connectivity index (χ0n) is 13.9. The molecule has 2 saturated heterocycles. The standard InChI is InChI=1S/C17H33N3O/c1-3-10-19(11-4-2)12-5-6-17(21)20-13-9-15-7-8-16(14-20)18-15/h15-16,18H,3-14H2,1-2H3. The van der Waals surface area contributed by atoms with Gasteiger partial charge in [0, 0.05) is 31.6 Å². The lowest BCUT2D eigenvalue weighted by atomic mass is 10.1. The van der Waals surface area contributed by atoms with Crippen molar-refractivity contribution < 1.29 is 4.79 Å². The molecule has 4 heteroatoms. The molecule has 2 unspecified atom stereocenters. The maximum Gasteiger partial charge on any atom is 0.222 e. The fourth-order valence-corrected chi connectivity index (χ4v) is 3.75. The van der Waals surface area contributed by atoms with E-state index in [0.29, 0.717) is 18.0 Å². The molecule has 21 heavy (non-hydrogen) atoms. The van der Waals surface area contributed by atoms with Gasteiger partial charge < -0.3 is 15.1 Å². The van der Waals surface area contributed by atoms with Crippen molar-refractivity contribution in [2.45, 2.75) is 70.9 Å². The van der Waals surface area contributed by atoms with Crippen molar-refractivity contribution in [2.24, 2.45) is 0 Å². The highest BCUT2D eigenvalue weighted by Gasteiger charge is 2.30. The minimum atomic E-state index is 0.372. The van der Waals surface area contributed by atoms with Crippen LogP contribution in [0.3, 0.4) is 0 Å². The average molecular weight is 295 g/mol. The van der Waals surface area contributed by atoms with Gasteiger partial charge >= 0.3 is 0 Å². The van der Waals surface area contributed by atoms with Gasteiger partial charge in [0.1, 0.15) is 0 Å². The summed E-state index contributed by atoms with van der Waals surface area (Å²) >= 11 is 0. The third-order valence-electron chi connectivity index (χ3n) is 4.82. The van der Waals surface area contributed by atoms with Crippen molar-refractivity contribution in [3.63, 3.8) is 0 Å². The van der Waals surface area contributed by atoms with Gasteiger partial charge in [0.25, 0.3) is 0 Å². The summed E-state index contributed by atoms with van der Waals surface area (Å²) in [5, 5.41) is 3.64. The maximum absolute atomic E-state index is 12.4. The van der Waals surface area contributed by atoms with Crippen LogP contribution in [-0.4, -0.2) is 60.5 Å². The molecule has 2 atom stereocenters. The molecule has 1 N–H and O–H groups in total. The highest BCUT2D eigenvalue weighted by Crippen LogP contribution is 2.20. The van der Waals surface area contributed by atoms with Crippen molar-refractivity contribution in [1.29, 1.82) is 0 Å². The fourth-order valence-electron chi connectivity index (χ4n) is 3.75. The zero-order valence-corrected chi connectivity index (χ0v) is 13.9. The second kappa shape index (κ2) is 8.74. The normalized spacial score (nSPS) is 25.4. The molecule has 0 aromatic heterocycles. The first-order chi connectivity index (χ1) is 10.2. The lowest BCUT2D eigenvalue weighted by Crippen LogP contribution is -2.39. The van der Waals surface area contributed by atoms with E-state index in [1.165, 1.54) is 38.8 Å². The monoisotopic (exact) mass is 295 g/mol. The van der Waals surface area contributed by atoms with E-state index >= 15 is 0 Å². The Hall–Kier alpha value is -0.610. The molecule has 2 aliphatic heterocycles. The number of nitrogens with zero attached hydrogens (tertiary/aromatic N) is 2. The third-order valence-corrected chi connectivity index (χ3v) is 4.82. The fraction of sp³-hybridized carbons (Fsp3) is 0.941. The summed E-state index contributed by atoms with van der Waals surface area (Å²) in [6.45, 7) is 9.76. The van der Waals surface area contributed by atoms with E-state index in [0.717, 1.165) is 38.9 Å². The van der Waals surface area contributed by atoms with Crippen LogP contribution < -0.4 is 5.32 Å². The van der Waals surface area contributed by atoms with Gasteiger partial charge in [0.15, 0.2) is 0 Å². The van der Waals surface area contributed by atoms with Gasteiger partial charge in [-0.15, -0.1) is 0 Å². The first-order valence-corrected chi connectivity index (χ1v) is 8.99. The minimum Gasteiger partial charge on any atom is -0.341 e. The number of fused-ring (bicyclic) bond motifs is 2. The van der Waals surface area contributed by atoms with E-state index in [-0.39, 0.29) is 0 Å². The van der Waals surface area contributed by atoms with E-state index in [1.54, 1.807) is 0 Å². The SMILES string of the molecule is CCCN(CCC)CCCC(=O)N1CCC2CCC(C1)N2. The van der Waals surface area contributed by atoms with Crippen LogP contribution in [0.5, 0.6) is 0 Å². The Morgan fingerprint density at radius 1 is 1.10 bits per heavy atom. The quantitative estimate of drug-likeness (QED) is 0.746. The van der Waals surface area contributed by atoms with E-state index in [9.17, 15) is 4.79 Å². The minimum absolute atomic E-state index is 0.372. The molecule has 2 aliphatic rings. The highest BCUT2D eigenvalue weighted by atomic mass is 16.2. The Morgan fingerprint density at radius 2 is 1.81 bits per heavy atom. The largest absolute Gasteiger partial charge is 0.341 e. The number of amides is 1. The second-order valence-electron chi connectivity index (χ2n) is 6.71. The summed E-state index contributed by atoms with van der Waals surface area (Å²) in [6, 6.07) is 1.22. The molecule has 0 spiro atoms. The number of carbonyl (C=O) groups is 1. The second-order valence-corrected chi connectivity index (χ2v) is 6.71. The first kappa shape index (κ1) is 16.8. The lowest BCUT2D eigenvalue weighted by Gasteiger charge is -2.25. The van der Waals surface area contributed by atoms with Crippen molar-refractivity contribution in [1.82, 2.24) is 15.1 Å². The molecule has 2 fully saturated rings. The predicted octanol–water partition coefficient (Wildman–Crippen LogP) is 2.24. The smallest absolute Gasteiger partial charge is 0.222 e. The highest BCUT2D eigenvalue weighted by molar-refractivity contribution is 5.76. The summed E-state index contributed by atoms with van der Waals surface area (Å²) < 4.78 is 0. The van der Waals surface area contributed by atoms with Crippen LogP contribution in [0.2, 0.25) is 0 Å². The van der Waals surface area contributed by atoms with Crippen LogP contribution >= 0.6 is 0 Å². The van der Waals surface area contributed by atoms with Gasteiger partial charge in [-0.25, -0.2) is 0 Å². The van der Waals surface area contributed by atoms with Crippen LogP contribution in [0, 0.1) is 0 Å². The van der Waals surface area contributed by atoms with E-state index in [1.807, 2.05) is 0 Å². The summed E-state index contributed by atoms with van der Waals surface area (Å²) in [5.74, 6) is 0.372. The summed E-state index contributed by atoms with van der Waals surface area (Å²) in [6.07, 6.45) is 7.83. The lowest BCUT2D eigenvalue weighted by molar-refractivity contribution is -0.131. The van der Waals surface area contributed by atoms with E-state index < -0.39 is 0 Å². The molecule has 4 nitrogen and oxygen atoms in total. The summed E-state index contributed by atoms with van der Waals surface area (Å²) in [5.41, 5.74) is 0. The van der Waals surface area contributed by atoms with Gasteiger partial charge in [0.05, 0.1) is 0 Å². The van der Waals surface area contributed by atoms with E-state index in [2.05, 4.69) is 29.0 Å². The maximum atomic E-state index is 12.4. The van der Waals surface area contributed by atoms with Gasteiger partial charge in [-0.3, -0.25) is 4.79 Å². The number of carbonyl (C=O) groups excluding carboxylic acids is 1. The molecule has 0 radical (unpaired) electrons. The molecule has 2 heterocycles. The van der Waals surface area contributed by atoms with Gasteiger partial charge in [0.2, 0.25) is 5.91 Å². The number of nitrogens with one attached hydrogen (secondary N) is 1. The first-order valence-electron chi connectivity index (χ1n) is 8.99. The van der Waals surface area contributed by atoms with Crippen LogP contribution in [0.25, 0.3) is 0 Å². The van der Waals surface area contributed by atoms with Crippen molar-refractivity contribution in [3.8, 4) is 0 Å². The molecule has 0 saturated carbocycles. The zero-order chi connectivity index (χ0) is 15.1. The topological polar surface area (TPSA) is 35.6 Å². The molecular weight excluding hydrogens is 262 g/mol. The van der Waals surface area contributed by atoms with Crippen molar-refractivity contribution >= 4 is 5.91 Å².